The Morgan fingerprint density at radius 3 is 2.69 bits per heavy atom. The Morgan fingerprint density at radius 2 is 2.12 bits per heavy atom. The smallest absolute Gasteiger partial charge is 0.216 e. The zero-order valence-corrected chi connectivity index (χ0v) is 11.0. The number of hydrogen-bond donors (Lipinski definition) is 2. The Kier molecular flexibility index (Phi) is 5.18. The molecular formula is C12H26N2O2. The Hall–Kier alpha value is -0.160. The molecule has 1 heterocycles. The Bertz CT molecular complexity index is 202. The first-order valence-electron chi connectivity index (χ1n) is 6.20. The first-order valence-corrected chi connectivity index (χ1v) is 6.20. The van der Waals surface area contributed by atoms with E-state index in [4.69, 9.17) is 4.74 Å². The highest BCUT2D eigenvalue weighted by atomic mass is 16.6. The van der Waals surface area contributed by atoms with Gasteiger partial charge in [0.15, 0.2) is 0 Å². The molecule has 0 aliphatic carbocycles. The predicted molar refractivity (Wildman–Crippen MR) is 65.1 cm³/mol. The molecule has 1 rings (SSSR count). The molecule has 1 fully saturated rings. The average Bonchev–Trinajstić information content (AvgIpc) is 2.16. The van der Waals surface area contributed by atoms with Crippen LogP contribution in [0.5, 0.6) is 0 Å². The van der Waals surface area contributed by atoms with Gasteiger partial charge in [0.1, 0.15) is 0 Å². The summed E-state index contributed by atoms with van der Waals surface area (Å²) in [5, 5.41) is 13.3. The minimum absolute atomic E-state index is 0.305. The quantitative estimate of drug-likeness (QED) is 0.711. The highest BCUT2D eigenvalue weighted by molar-refractivity contribution is 4.78. The summed E-state index contributed by atoms with van der Waals surface area (Å²) in [6.07, 6.45) is 2.74. The van der Waals surface area contributed by atoms with Crippen molar-refractivity contribution in [3.63, 3.8) is 0 Å². The zero-order valence-electron chi connectivity index (χ0n) is 11.0. The number of aliphatic hydroxyl groups excluding tert-OH is 1. The van der Waals surface area contributed by atoms with Crippen molar-refractivity contribution in [3.8, 4) is 0 Å². The fourth-order valence-corrected chi connectivity index (χ4v) is 2.15. The van der Waals surface area contributed by atoms with Crippen LogP contribution in [0, 0.1) is 0 Å². The van der Waals surface area contributed by atoms with Crippen LogP contribution in [0.1, 0.15) is 40.0 Å². The van der Waals surface area contributed by atoms with E-state index in [1.165, 1.54) is 6.42 Å². The topological polar surface area (TPSA) is 44.7 Å². The van der Waals surface area contributed by atoms with Crippen LogP contribution < -0.4 is 5.32 Å². The van der Waals surface area contributed by atoms with E-state index < -0.39 is 6.41 Å². The van der Waals surface area contributed by atoms with Gasteiger partial charge < -0.3 is 15.2 Å². The molecule has 2 atom stereocenters. The fraction of sp³-hybridized carbons (Fsp3) is 1.00. The summed E-state index contributed by atoms with van der Waals surface area (Å²) in [5.41, 5.74) is -0.305. The van der Waals surface area contributed by atoms with Crippen molar-refractivity contribution in [2.24, 2.45) is 0 Å². The molecule has 0 bridgehead atoms. The maximum atomic E-state index is 10.1. The molecule has 1 aliphatic heterocycles. The van der Waals surface area contributed by atoms with E-state index in [9.17, 15) is 5.11 Å². The Morgan fingerprint density at radius 1 is 1.44 bits per heavy atom. The maximum absolute atomic E-state index is 10.1. The monoisotopic (exact) mass is 230 g/mol. The van der Waals surface area contributed by atoms with E-state index in [1.54, 1.807) is 0 Å². The minimum Gasteiger partial charge on any atom is -0.356 e. The van der Waals surface area contributed by atoms with Gasteiger partial charge in [-0.2, -0.15) is 0 Å². The molecule has 4 heteroatoms. The highest BCUT2D eigenvalue weighted by Crippen LogP contribution is 2.21. The van der Waals surface area contributed by atoms with E-state index in [0.717, 1.165) is 25.9 Å². The molecule has 0 amide bonds. The van der Waals surface area contributed by atoms with Crippen LogP contribution in [-0.2, 0) is 4.74 Å². The van der Waals surface area contributed by atoms with Crippen LogP contribution in [0.2, 0.25) is 0 Å². The normalized spacial score (nSPS) is 25.7. The van der Waals surface area contributed by atoms with Crippen molar-refractivity contribution in [1.29, 1.82) is 0 Å². The van der Waals surface area contributed by atoms with Crippen LogP contribution >= 0.6 is 0 Å². The Labute approximate surface area is 99.0 Å². The lowest BCUT2D eigenvalue weighted by Gasteiger charge is -2.40. The van der Waals surface area contributed by atoms with Gasteiger partial charge in [0.25, 0.3) is 0 Å². The van der Waals surface area contributed by atoms with Crippen LogP contribution in [0.15, 0.2) is 0 Å². The van der Waals surface area contributed by atoms with E-state index in [0.29, 0.717) is 6.04 Å². The molecule has 0 aromatic rings. The molecule has 0 radical (unpaired) electrons. The number of nitrogens with zero attached hydrogens (tertiary/aromatic N) is 1. The second-order valence-corrected chi connectivity index (χ2v) is 5.50. The lowest BCUT2D eigenvalue weighted by molar-refractivity contribution is -0.251. The van der Waals surface area contributed by atoms with Crippen LogP contribution in [-0.4, -0.2) is 48.2 Å². The summed E-state index contributed by atoms with van der Waals surface area (Å²) in [6.45, 7) is 7.72. The largest absolute Gasteiger partial charge is 0.356 e. The first-order chi connectivity index (χ1) is 7.44. The van der Waals surface area contributed by atoms with Gasteiger partial charge in [-0.05, 0) is 40.7 Å². The van der Waals surface area contributed by atoms with Crippen molar-refractivity contribution in [2.45, 2.75) is 58.1 Å². The van der Waals surface area contributed by atoms with Crippen LogP contribution in [0.4, 0.5) is 0 Å². The van der Waals surface area contributed by atoms with Crippen molar-refractivity contribution in [1.82, 2.24) is 10.2 Å². The van der Waals surface area contributed by atoms with Gasteiger partial charge in [-0.25, -0.2) is 0 Å². The highest BCUT2D eigenvalue weighted by Gasteiger charge is 2.30. The van der Waals surface area contributed by atoms with Gasteiger partial charge in [0.05, 0.1) is 5.60 Å². The number of ether oxygens (including phenoxy) is 1. The second kappa shape index (κ2) is 5.96. The van der Waals surface area contributed by atoms with Crippen LogP contribution in [0.3, 0.4) is 0 Å². The maximum Gasteiger partial charge on any atom is 0.216 e. The molecule has 96 valence electrons. The standard InChI is InChI=1S/C12H26N2O2/c1-12(2,3)16-11(15)14-8-6-5-7-10(14)9-13-4/h10-11,13,15H,5-9H2,1-4H3. The van der Waals surface area contributed by atoms with E-state index in [-0.39, 0.29) is 5.60 Å². The molecule has 0 aromatic heterocycles. The van der Waals surface area contributed by atoms with Gasteiger partial charge in [-0.15, -0.1) is 0 Å². The number of nitrogens with one attached hydrogen (secondary N) is 1. The van der Waals surface area contributed by atoms with Crippen molar-refractivity contribution < 1.29 is 9.84 Å². The van der Waals surface area contributed by atoms with E-state index in [2.05, 4.69) is 10.2 Å². The molecule has 0 aromatic carbocycles. The summed E-state index contributed by atoms with van der Waals surface area (Å²) in [7, 11) is 1.95. The number of hydrogen-bond acceptors (Lipinski definition) is 4. The number of aliphatic hydroxyl groups is 1. The average molecular weight is 230 g/mol. The zero-order chi connectivity index (χ0) is 12.2. The minimum atomic E-state index is -0.779. The summed E-state index contributed by atoms with van der Waals surface area (Å²) >= 11 is 0. The van der Waals surface area contributed by atoms with Crippen molar-refractivity contribution >= 4 is 0 Å². The summed E-state index contributed by atoms with van der Waals surface area (Å²) < 4.78 is 5.61. The van der Waals surface area contributed by atoms with Gasteiger partial charge in [0, 0.05) is 19.1 Å². The summed E-state index contributed by atoms with van der Waals surface area (Å²) in [5.74, 6) is 0. The summed E-state index contributed by atoms with van der Waals surface area (Å²) in [4.78, 5) is 2.06. The SMILES string of the molecule is CNCC1CCCCN1C(O)OC(C)(C)C. The predicted octanol–water partition coefficient (Wildman–Crippen LogP) is 1.15. The van der Waals surface area contributed by atoms with E-state index in [1.807, 2.05) is 27.8 Å². The molecule has 2 unspecified atom stereocenters. The third kappa shape index (κ3) is 4.37. The third-order valence-electron chi connectivity index (χ3n) is 2.86. The van der Waals surface area contributed by atoms with Gasteiger partial charge in [-0.1, -0.05) is 6.42 Å². The third-order valence-corrected chi connectivity index (χ3v) is 2.86. The molecule has 2 N–H and O–H groups in total. The van der Waals surface area contributed by atoms with Gasteiger partial charge >= 0.3 is 0 Å². The molecule has 0 saturated carbocycles. The molecule has 0 spiro atoms. The molecular weight excluding hydrogens is 204 g/mol. The van der Waals surface area contributed by atoms with Crippen LogP contribution in [0.25, 0.3) is 0 Å². The molecule has 1 aliphatic rings. The first kappa shape index (κ1) is 13.9. The molecule has 16 heavy (non-hydrogen) atoms. The summed E-state index contributed by atoms with van der Waals surface area (Å²) in [6, 6.07) is 0.385. The molecule has 1 saturated heterocycles. The lowest BCUT2D eigenvalue weighted by atomic mass is 10.0. The molecule has 4 nitrogen and oxygen atoms in total. The fourth-order valence-electron chi connectivity index (χ4n) is 2.15. The number of likely N-dealkylation sites (N-methyl/N-ethyl adjacent to an activating group) is 1. The van der Waals surface area contributed by atoms with Gasteiger partial charge in [-0.3, -0.25) is 4.90 Å². The number of piperidine rings is 1. The Balaban J connectivity index is 2.53. The van der Waals surface area contributed by atoms with Crippen molar-refractivity contribution in [3.05, 3.63) is 0 Å². The number of rotatable bonds is 4. The van der Waals surface area contributed by atoms with Gasteiger partial charge in [0.2, 0.25) is 6.41 Å². The van der Waals surface area contributed by atoms with E-state index >= 15 is 0 Å². The number of likely N-dealkylation sites (tertiary alicyclic amines) is 1. The second-order valence-electron chi connectivity index (χ2n) is 5.50. The van der Waals surface area contributed by atoms with Crippen molar-refractivity contribution in [2.75, 3.05) is 20.1 Å². The lowest BCUT2D eigenvalue weighted by Crippen LogP contribution is -2.52.